The lowest BCUT2D eigenvalue weighted by atomic mass is 10.0. The lowest BCUT2D eigenvalue weighted by Gasteiger charge is -2.24. The molecule has 11 heteroatoms. The quantitative estimate of drug-likeness (QED) is 0.374. The molecule has 41 heavy (non-hydrogen) atoms. The molecule has 0 bridgehead atoms. The number of fused-ring (bicyclic) bond motifs is 2. The number of nitrogens with zero attached hydrogens (tertiary/aromatic N) is 4. The van der Waals surface area contributed by atoms with E-state index < -0.39 is 29.9 Å². The van der Waals surface area contributed by atoms with E-state index in [1.165, 1.54) is 11.1 Å². The molecule has 6 rings (SSSR count). The Morgan fingerprint density at radius 2 is 1.95 bits per heavy atom. The molecule has 0 saturated carbocycles. The van der Waals surface area contributed by atoms with Crippen LogP contribution in [-0.2, 0) is 22.6 Å². The van der Waals surface area contributed by atoms with Gasteiger partial charge in [0.2, 0.25) is 11.8 Å². The Morgan fingerprint density at radius 1 is 1.12 bits per heavy atom. The Bertz CT molecular complexity index is 1690. The van der Waals surface area contributed by atoms with E-state index in [1.807, 2.05) is 26.0 Å². The summed E-state index contributed by atoms with van der Waals surface area (Å²) in [5, 5.41) is 11.1. The van der Waals surface area contributed by atoms with Gasteiger partial charge in [0.15, 0.2) is 0 Å². The number of benzene rings is 2. The van der Waals surface area contributed by atoms with E-state index in [0.29, 0.717) is 22.3 Å². The molecule has 10 nitrogen and oxygen atoms in total. The molecule has 2 aromatic carbocycles. The molecule has 0 radical (unpaired) electrons. The maximum atomic E-state index is 14.6. The van der Waals surface area contributed by atoms with Gasteiger partial charge in [-0.15, -0.1) is 0 Å². The molecular weight excluding hydrogens is 527 g/mol. The third-order valence-corrected chi connectivity index (χ3v) is 7.58. The van der Waals surface area contributed by atoms with E-state index in [9.17, 15) is 18.8 Å². The fraction of sp³-hybridized carbons (Fsp3) is 0.300. The minimum Gasteiger partial charge on any atom is -0.487 e. The zero-order valence-electron chi connectivity index (χ0n) is 22.6. The number of hydrogen-bond acceptors (Lipinski definition) is 6. The van der Waals surface area contributed by atoms with Crippen LogP contribution in [0, 0.1) is 0 Å². The molecule has 0 aliphatic carbocycles. The van der Waals surface area contributed by atoms with Crippen LogP contribution in [0.1, 0.15) is 36.2 Å². The maximum absolute atomic E-state index is 14.6. The Labute approximate surface area is 235 Å². The summed E-state index contributed by atoms with van der Waals surface area (Å²) in [6, 6.07) is 11.7. The summed E-state index contributed by atoms with van der Waals surface area (Å²) in [5.74, 6) is -0.861. The van der Waals surface area contributed by atoms with Crippen LogP contribution in [0.4, 0.5) is 10.1 Å². The van der Waals surface area contributed by atoms with Crippen molar-refractivity contribution in [3.05, 3.63) is 72.2 Å². The number of anilines is 1. The monoisotopic (exact) mass is 556 g/mol. The number of likely N-dealkylation sites (tertiary alicyclic amines) is 1. The third-order valence-electron chi connectivity index (χ3n) is 7.58. The van der Waals surface area contributed by atoms with E-state index in [4.69, 9.17) is 10.5 Å². The Balaban J connectivity index is 1.22. The Kier molecular flexibility index (Phi) is 6.44. The second kappa shape index (κ2) is 9.99. The van der Waals surface area contributed by atoms with E-state index >= 15 is 0 Å². The van der Waals surface area contributed by atoms with E-state index in [1.54, 1.807) is 47.3 Å². The van der Waals surface area contributed by atoms with Gasteiger partial charge in [0.25, 0.3) is 5.91 Å². The minimum atomic E-state index is -1.34. The second-order valence-electron chi connectivity index (χ2n) is 11.1. The zero-order chi connectivity index (χ0) is 28.9. The molecule has 1 fully saturated rings. The Morgan fingerprint density at radius 3 is 2.71 bits per heavy atom. The van der Waals surface area contributed by atoms with E-state index in [0.717, 1.165) is 23.1 Å². The lowest BCUT2D eigenvalue weighted by Crippen LogP contribution is -2.44. The van der Waals surface area contributed by atoms with Gasteiger partial charge in [-0.25, -0.2) is 4.39 Å². The number of nitrogens with two attached hydrogens (primary N) is 1. The predicted molar refractivity (Wildman–Crippen MR) is 150 cm³/mol. The average molecular weight is 557 g/mol. The maximum Gasteiger partial charge on any atom is 0.250 e. The third kappa shape index (κ3) is 5.10. The zero-order valence-corrected chi connectivity index (χ0v) is 22.6. The topological polar surface area (TPSA) is 132 Å². The van der Waals surface area contributed by atoms with Gasteiger partial charge in [0.1, 0.15) is 30.1 Å². The first-order chi connectivity index (χ1) is 19.6. The van der Waals surface area contributed by atoms with Gasteiger partial charge in [-0.3, -0.25) is 14.4 Å². The summed E-state index contributed by atoms with van der Waals surface area (Å²) >= 11 is 0. The SMILES string of the molecule is CC1(C)Cc2ccc(NC(=O)[C@@H]3C[C@@H](F)CN3C(=O)Cn3cc(C(N)=O)c4cc(-c5ccnnc5)ccc43)cc2O1. The van der Waals surface area contributed by atoms with E-state index in [2.05, 4.69) is 15.5 Å². The van der Waals surface area contributed by atoms with Gasteiger partial charge < -0.3 is 25.3 Å². The van der Waals surface area contributed by atoms with Crippen LogP contribution in [0.25, 0.3) is 22.0 Å². The highest BCUT2D eigenvalue weighted by Crippen LogP contribution is 2.37. The van der Waals surface area contributed by atoms with Crippen molar-refractivity contribution >= 4 is 34.3 Å². The van der Waals surface area contributed by atoms with Gasteiger partial charge in [-0.05, 0) is 49.2 Å². The van der Waals surface area contributed by atoms with Crippen LogP contribution < -0.4 is 15.8 Å². The number of carbonyl (C=O) groups excluding carboxylic acids is 3. The summed E-state index contributed by atoms with van der Waals surface area (Å²) in [6.45, 7) is 3.59. The van der Waals surface area contributed by atoms with Crippen LogP contribution in [0.3, 0.4) is 0 Å². The number of carbonyl (C=O) groups is 3. The van der Waals surface area contributed by atoms with Crippen LogP contribution >= 0.6 is 0 Å². The molecule has 2 aromatic heterocycles. The minimum absolute atomic E-state index is 0.103. The largest absolute Gasteiger partial charge is 0.487 e. The molecule has 4 aromatic rings. The number of amides is 3. The molecule has 0 spiro atoms. The summed E-state index contributed by atoms with van der Waals surface area (Å²) in [7, 11) is 0. The fourth-order valence-electron chi connectivity index (χ4n) is 5.70. The van der Waals surface area contributed by atoms with Crippen molar-refractivity contribution in [1.82, 2.24) is 19.7 Å². The highest BCUT2D eigenvalue weighted by atomic mass is 19.1. The molecule has 0 unspecified atom stereocenters. The van der Waals surface area contributed by atoms with Crippen molar-refractivity contribution in [3.8, 4) is 16.9 Å². The van der Waals surface area contributed by atoms with Crippen molar-refractivity contribution in [2.45, 2.75) is 51.0 Å². The number of hydrogen-bond donors (Lipinski definition) is 2. The molecule has 210 valence electrons. The molecule has 2 aliphatic heterocycles. The van der Waals surface area contributed by atoms with Crippen LogP contribution in [0.2, 0.25) is 0 Å². The molecule has 1 saturated heterocycles. The number of rotatable bonds is 6. The first-order valence-electron chi connectivity index (χ1n) is 13.3. The van der Waals surface area contributed by atoms with Gasteiger partial charge in [-0.2, -0.15) is 10.2 Å². The second-order valence-corrected chi connectivity index (χ2v) is 11.1. The molecule has 4 heterocycles. The van der Waals surface area contributed by atoms with Gasteiger partial charge in [0, 0.05) is 47.3 Å². The molecular formula is C30H29FN6O4. The summed E-state index contributed by atoms with van der Waals surface area (Å²) < 4.78 is 22.1. The highest BCUT2D eigenvalue weighted by Gasteiger charge is 2.40. The summed E-state index contributed by atoms with van der Waals surface area (Å²) in [4.78, 5) is 40.2. The smallest absolute Gasteiger partial charge is 0.250 e. The lowest BCUT2D eigenvalue weighted by molar-refractivity contribution is -0.137. The first-order valence-corrected chi connectivity index (χ1v) is 13.3. The highest BCUT2D eigenvalue weighted by molar-refractivity contribution is 6.07. The van der Waals surface area contributed by atoms with Gasteiger partial charge in [0.05, 0.1) is 24.5 Å². The number of halogens is 1. The van der Waals surface area contributed by atoms with Crippen molar-refractivity contribution in [3.63, 3.8) is 0 Å². The van der Waals surface area contributed by atoms with E-state index in [-0.39, 0.29) is 30.7 Å². The summed E-state index contributed by atoms with van der Waals surface area (Å²) in [5.41, 5.74) is 9.36. The number of nitrogens with one attached hydrogen (secondary N) is 1. The molecule has 2 aliphatic rings. The van der Waals surface area contributed by atoms with Crippen LogP contribution in [0.5, 0.6) is 5.75 Å². The molecule has 2 atom stereocenters. The van der Waals surface area contributed by atoms with Crippen molar-refractivity contribution in [2.24, 2.45) is 5.73 Å². The van der Waals surface area contributed by atoms with Crippen molar-refractivity contribution in [2.75, 3.05) is 11.9 Å². The van der Waals surface area contributed by atoms with Crippen LogP contribution in [-0.4, -0.2) is 61.7 Å². The number of primary amides is 1. The van der Waals surface area contributed by atoms with Crippen LogP contribution in [0.15, 0.2) is 61.1 Å². The Hall–Kier alpha value is -4.80. The van der Waals surface area contributed by atoms with Gasteiger partial charge in [-0.1, -0.05) is 12.1 Å². The predicted octanol–water partition coefficient (Wildman–Crippen LogP) is 3.49. The molecule has 3 N–H and O–H groups in total. The molecule has 3 amide bonds. The number of aromatic nitrogens is 3. The van der Waals surface area contributed by atoms with Gasteiger partial charge >= 0.3 is 0 Å². The average Bonchev–Trinajstić information content (AvgIpc) is 3.60. The standard InChI is InChI=1S/C30H29FN6O4/c1-30(2)12-18-3-5-21(11-26(18)41-30)35-29(40)25-10-20(31)14-37(25)27(38)16-36-15-23(28(32)39)22-9-17(4-6-24(22)36)19-7-8-33-34-13-19/h3-9,11,13,15,20,25H,10,12,14,16H2,1-2H3,(H2,32,39)(H,35,40)/t20-,25+/m1/s1. The van der Waals surface area contributed by atoms with Crippen molar-refractivity contribution < 1.29 is 23.5 Å². The van der Waals surface area contributed by atoms with Crippen molar-refractivity contribution in [1.29, 1.82) is 0 Å². The number of ether oxygens (including phenoxy) is 1. The number of alkyl halides is 1. The normalized spacial score (nSPS) is 19.1. The summed E-state index contributed by atoms with van der Waals surface area (Å²) in [6.07, 6.45) is 4.01. The first kappa shape index (κ1) is 26.4. The fourth-order valence-corrected chi connectivity index (χ4v) is 5.70.